The Hall–Kier alpha value is -2.47. The van der Waals surface area contributed by atoms with E-state index in [0.29, 0.717) is 12.2 Å². The molecule has 2 unspecified atom stereocenters. The lowest BCUT2D eigenvalue weighted by molar-refractivity contribution is -0.132. The van der Waals surface area contributed by atoms with Gasteiger partial charge >= 0.3 is 0 Å². The zero-order chi connectivity index (χ0) is 18.7. The minimum absolute atomic E-state index is 0.0492. The van der Waals surface area contributed by atoms with Crippen LogP contribution in [0.5, 0.6) is 5.75 Å². The normalized spacial score (nSPS) is 19.6. The number of hydrogen-bond acceptors (Lipinski definition) is 3. The maximum atomic E-state index is 13.7. The average molecular weight is 361 g/mol. The molecule has 0 saturated carbocycles. The summed E-state index contributed by atoms with van der Waals surface area (Å²) in [6, 6.07) is 10.3. The third kappa shape index (κ3) is 4.02. The molecule has 1 aliphatic rings. The molecule has 1 N–H and O–H groups in total. The number of carbonyl (C=O) groups is 1. The fraction of sp³-hybridized carbons (Fsp3) is 0.350. The topological polar surface area (TPSA) is 49.8 Å². The third-order valence-corrected chi connectivity index (χ3v) is 4.69. The van der Waals surface area contributed by atoms with Crippen molar-refractivity contribution in [3.63, 3.8) is 0 Å². The number of methoxy groups -OCH3 is 1. The van der Waals surface area contributed by atoms with Gasteiger partial charge in [-0.1, -0.05) is 12.1 Å². The average Bonchev–Trinajstić information content (AvgIpc) is 3.04. The van der Waals surface area contributed by atoms with Gasteiger partial charge in [-0.2, -0.15) is 0 Å². The van der Waals surface area contributed by atoms with Gasteiger partial charge in [-0.15, -0.1) is 0 Å². The number of aryl methyl sites for hydroxylation is 1. The number of amides is 1. The molecule has 0 bridgehead atoms. The van der Waals surface area contributed by atoms with E-state index in [1.54, 1.807) is 12.0 Å². The third-order valence-electron chi connectivity index (χ3n) is 4.69. The second-order valence-corrected chi connectivity index (χ2v) is 6.46. The smallest absolute Gasteiger partial charge is 0.223 e. The van der Waals surface area contributed by atoms with E-state index in [9.17, 15) is 18.7 Å². The maximum absolute atomic E-state index is 13.7. The van der Waals surface area contributed by atoms with Crippen LogP contribution in [0.3, 0.4) is 0 Å². The first-order valence-electron chi connectivity index (χ1n) is 8.53. The Balaban J connectivity index is 1.73. The van der Waals surface area contributed by atoms with E-state index in [-0.39, 0.29) is 36.9 Å². The fourth-order valence-electron chi connectivity index (χ4n) is 3.37. The van der Waals surface area contributed by atoms with Crippen molar-refractivity contribution in [3.8, 4) is 5.75 Å². The van der Waals surface area contributed by atoms with Crippen LogP contribution in [0.4, 0.5) is 8.78 Å². The Morgan fingerprint density at radius 2 is 2.08 bits per heavy atom. The largest absolute Gasteiger partial charge is 0.497 e. The predicted molar refractivity (Wildman–Crippen MR) is 92.8 cm³/mol. The summed E-state index contributed by atoms with van der Waals surface area (Å²) in [6.07, 6.45) is -0.0123. The van der Waals surface area contributed by atoms with Crippen LogP contribution >= 0.6 is 0 Å². The summed E-state index contributed by atoms with van der Waals surface area (Å²) in [4.78, 5) is 14.3. The number of halogens is 2. The molecule has 26 heavy (non-hydrogen) atoms. The molecule has 1 fully saturated rings. The monoisotopic (exact) mass is 361 g/mol. The van der Waals surface area contributed by atoms with Crippen molar-refractivity contribution in [1.29, 1.82) is 0 Å². The zero-order valence-electron chi connectivity index (χ0n) is 14.5. The lowest BCUT2D eigenvalue weighted by Crippen LogP contribution is -2.32. The summed E-state index contributed by atoms with van der Waals surface area (Å²) in [5.41, 5.74) is 1.06. The first kappa shape index (κ1) is 18.3. The zero-order valence-corrected chi connectivity index (χ0v) is 14.5. The molecule has 138 valence electrons. The first-order valence-corrected chi connectivity index (χ1v) is 8.53. The van der Waals surface area contributed by atoms with E-state index in [1.165, 1.54) is 0 Å². The molecule has 1 saturated heterocycles. The number of benzene rings is 2. The van der Waals surface area contributed by atoms with E-state index < -0.39 is 17.7 Å². The molecule has 2 aromatic rings. The van der Waals surface area contributed by atoms with Crippen LogP contribution in [0, 0.1) is 11.6 Å². The molecule has 0 spiro atoms. The number of aliphatic hydroxyl groups is 1. The summed E-state index contributed by atoms with van der Waals surface area (Å²) in [5, 5.41) is 10.0. The Labute approximate surface area is 151 Å². The molecule has 2 atom stereocenters. The number of carbonyl (C=O) groups excluding carboxylic acids is 1. The quantitative estimate of drug-likeness (QED) is 0.890. The predicted octanol–water partition coefficient (Wildman–Crippen LogP) is 3.24. The van der Waals surface area contributed by atoms with Gasteiger partial charge < -0.3 is 14.7 Å². The highest BCUT2D eigenvalue weighted by molar-refractivity contribution is 5.77. The van der Waals surface area contributed by atoms with E-state index in [0.717, 1.165) is 23.8 Å². The molecule has 1 aliphatic heterocycles. The molecule has 3 rings (SSSR count). The second-order valence-electron chi connectivity index (χ2n) is 6.46. The highest BCUT2D eigenvalue weighted by Crippen LogP contribution is 2.34. The van der Waals surface area contributed by atoms with Crippen LogP contribution in [0.2, 0.25) is 0 Å². The lowest BCUT2D eigenvalue weighted by atomic mass is 10.0. The lowest BCUT2D eigenvalue weighted by Gasteiger charge is -2.25. The first-order chi connectivity index (χ1) is 12.5. The molecule has 0 radical (unpaired) electrons. The standard InChI is InChI=1S/C20H21F2NO3/c1-26-17-4-2-3-14(10-17)19-11-16(24)12-23(19)20(25)8-5-13-9-15(21)6-7-18(13)22/h2-4,6-7,9-10,16,19,24H,5,8,11-12H2,1H3. The highest BCUT2D eigenvalue weighted by Gasteiger charge is 2.35. The summed E-state index contributed by atoms with van der Waals surface area (Å²) in [5.74, 6) is -0.569. The summed E-state index contributed by atoms with van der Waals surface area (Å²) >= 11 is 0. The minimum atomic E-state index is -0.610. The van der Waals surface area contributed by atoms with E-state index in [4.69, 9.17) is 4.74 Å². The Morgan fingerprint density at radius 3 is 2.85 bits per heavy atom. The number of β-amino-alcohol motifs (C(OH)–C–C–N with tert-alkyl or cyclic N) is 1. The van der Waals surface area contributed by atoms with Crippen molar-refractivity contribution >= 4 is 5.91 Å². The maximum Gasteiger partial charge on any atom is 0.223 e. The van der Waals surface area contributed by atoms with E-state index >= 15 is 0 Å². The van der Waals surface area contributed by atoms with Gasteiger partial charge in [0.2, 0.25) is 5.91 Å². The number of likely N-dealkylation sites (tertiary alicyclic amines) is 1. The molecular weight excluding hydrogens is 340 g/mol. The van der Waals surface area contributed by atoms with Crippen LogP contribution in [-0.2, 0) is 11.2 Å². The van der Waals surface area contributed by atoms with Crippen molar-refractivity contribution in [2.24, 2.45) is 0 Å². The molecule has 2 aromatic carbocycles. The number of nitrogens with zero attached hydrogens (tertiary/aromatic N) is 1. The molecule has 4 nitrogen and oxygen atoms in total. The summed E-state index contributed by atoms with van der Waals surface area (Å²) in [7, 11) is 1.57. The van der Waals surface area contributed by atoms with Crippen molar-refractivity contribution < 1.29 is 23.4 Å². The molecule has 0 aromatic heterocycles. The van der Waals surface area contributed by atoms with Gasteiger partial charge in [0.25, 0.3) is 0 Å². The van der Waals surface area contributed by atoms with Crippen molar-refractivity contribution in [2.75, 3.05) is 13.7 Å². The summed E-state index contributed by atoms with van der Waals surface area (Å²) in [6.45, 7) is 0.229. The SMILES string of the molecule is COc1cccc(C2CC(O)CN2C(=O)CCc2cc(F)ccc2F)c1. The van der Waals surface area contributed by atoms with Gasteiger partial charge in [-0.25, -0.2) is 8.78 Å². The van der Waals surface area contributed by atoms with Gasteiger partial charge in [-0.05, 0) is 54.3 Å². The van der Waals surface area contributed by atoms with Crippen LogP contribution in [0.25, 0.3) is 0 Å². The number of hydrogen-bond donors (Lipinski definition) is 1. The molecule has 0 aliphatic carbocycles. The van der Waals surface area contributed by atoms with Gasteiger partial charge in [0, 0.05) is 13.0 Å². The van der Waals surface area contributed by atoms with Crippen LogP contribution in [0.1, 0.15) is 30.0 Å². The van der Waals surface area contributed by atoms with Gasteiger partial charge in [0.15, 0.2) is 0 Å². The van der Waals surface area contributed by atoms with Crippen molar-refractivity contribution in [2.45, 2.75) is 31.4 Å². The molecule has 1 amide bonds. The Kier molecular flexibility index (Phi) is 5.52. The second kappa shape index (κ2) is 7.83. The van der Waals surface area contributed by atoms with Crippen LogP contribution in [-0.4, -0.2) is 35.7 Å². The fourth-order valence-corrected chi connectivity index (χ4v) is 3.37. The minimum Gasteiger partial charge on any atom is -0.497 e. The summed E-state index contributed by atoms with van der Waals surface area (Å²) < 4.78 is 32.2. The van der Waals surface area contributed by atoms with Gasteiger partial charge in [0.1, 0.15) is 17.4 Å². The Morgan fingerprint density at radius 1 is 1.27 bits per heavy atom. The van der Waals surface area contributed by atoms with Crippen molar-refractivity contribution in [1.82, 2.24) is 4.90 Å². The van der Waals surface area contributed by atoms with Crippen molar-refractivity contribution in [3.05, 3.63) is 65.2 Å². The van der Waals surface area contributed by atoms with Crippen LogP contribution in [0.15, 0.2) is 42.5 Å². The van der Waals surface area contributed by atoms with Gasteiger partial charge in [0.05, 0.1) is 19.3 Å². The molecule has 1 heterocycles. The Bertz CT molecular complexity index is 796. The van der Waals surface area contributed by atoms with E-state index in [1.807, 2.05) is 24.3 Å². The van der Waals surface area contributed by atoms with Crippen LogP contribution < -0.4 is 4.74 Å². The highest BCUT2D eigenvalue weighted by atomic mass is 19.1. The van der Waals surface area contributed by atoms with Gasteiger partial charge in [-0.3, -0.25) is 4.79 Å². The number of aliphatic hydroxyl groups excluding tert-OH is 1. The number of rotatable bonds is 5. The number of ether oxygens (including phenoxy) is 1. The molecule has 6 heteroatoms. The molecular formula is C20H21F2NO3. The van der Waals surface area contributed by atoms with E-state index in [2.05, 4.69) is 0 Å².